The van der Waals surface area contributed by atoms with Crippen LogP contribution in [0.4, 0.5) is 0 Å². The van der Waals surface area contributed by atoms with Crippen LogP contribution in [0.15, 0.2) is 0 Å². The first-order chi connectivity index (χ1) is 3.18. The molecule has 0 spiro atoms. The van der Waals surface area contributed by atoms with Crippen LogP contribution in [-0.4, -0.2) is 26.3 Å². The van der Waals surface area contributed by atoms with Crippen molar-refractivity contribution >= 4 is 23.3 Å². The third kappa shape index (κ3) is 4.36. The molecule has 0 fully saturated rings. The summed E-state index contributed by atoms with van der Waals surface area (Å²) in [4.78, 5) is 0. The summed E-state index contributed by atoms with van der Waals surface area (Å²) in [5.41, 5.74) is 0. The minimum Gasteiger partial charge on any atom is -0.215 e. The Kier molecular flexibility index (Phi) is 7.38. The van der Waals surface area contributed by atoms with E-state index in [1.807, 2.05) is 0 Å². The Morgan fingerprint density at radius 1 is 1.50 bits per heavy atom. The Hall–Kier alpha value is 0.200. The maximum absolute atomic E-state index is 9.89. The molecule has 0 atom stereocenters. The molecule has 0 aromatic rings. The fraction of sp³-hybridized carbons (Fsp3) is 1.00. The maximum atomic E-state index is 9.89. The van der Waals surface area contributed by atoms with Crippen molar-refractivity contribution in [3.8, 4) is 0 Å². The fourth-order valence-corrected chi connectivity index (χ4v) is 0.346. The molecule has 52 valence electrons. The van der Waals surface area contributed by atoms with Crippen LogP contribution in [-0.2, 0) is 10.9 Å². The zero-order valence-corrected chi connectivity index (χ0v) is 6.54. The van der Waals surface area contributed by atoms with Gasteiger partial charge < -0.3 is 0 Å². The van der Waals surface area contributed by atoms with E-state index in [4.69, 9.17) is 0 Å². The van der Waals surface area contributed by atoms with Crippen LogP contribution >= 0.6 is 12.4 Å². The molecule has 8 heavy (non-hydrogen) atoms. The lowest BCUT2D eigenvalue weighted by molar-refractivity contribution is 0.507. The molecule has 0 aliphatic carbocycles. The molecule has 0 aromatic heterocycles. The first kappa shape index (κ1) is 11.1. The van der Waals surface area contributed by atoms with Gasteiger partial charge in [-0.15, -0.1) is 12.4 Å². The highest BCUT2D eigenvalue weighted by Gasteiger charge is 1.89. The van der Waals surface area contributed by atoms with E-state index in [1.54, 1.807) is 6.92 Å². The van der Waals surface area contributed by atoms with E-state index in [2.05, 4.69) is 0 Å². The second kappa shape index (κ2) is 5.34. The fourth-order valence-electron chi connectivity index (χ4n) is 0.115. The van der Waals surface area contributed by atoms with Gasteiger partial charge in [0.1, 0.15) is 0 Å². The highest BCUT2D eigenvalue weighted by molar-refractivity contribution is 7.69. The molecule has 0 aliphatic heterocycles. The number of hydrogen-bond acceptors (Lipinski definition) is 2. The summed E-state index contributed by atoms with van der Waals surface area (Å²) >= 11 is 0. The van der Waals surface area contributed by atoms with Gasteiger partial charge >= 0.3 is 0 Å². The molecular weight excluding hydrogens is 150 g/mol. The van der Waals surface area contributed by atoms with E-state index >= 15 is 0 Å². The molecular formula is C3H10ClNO2S. The van der Waals surface area contributed by atoms with Crippen molar-refractivity contribution in [2.45, 2.75) is 6.92 Å². The quantitative estimate of drug-likeness (QED) is 0.571. The second-order valence-corrected chi connectivity index (χ2v) is 2.37. The summed E-state index contributed by atoms with van der Waals surface area (Å²) in [6, 6.07) is 0. The van der Waals surface area contributed by atoms with E-state index in [-0.39, 0.29) is 12.4 Å². The van der Waals surface area contributed by atoms with E-state index in [9.17, 15) is 8.42 Å². The number of nitrogens with zero attached hydrogens (tertiary/aromatic N) is 1. The minimum atomic E-state index is -2.33. The predicted molar refractivity (Wildman–Crippen MR) is 35.9 cm³/mol. The molecule has 0 heterocycles. The van der Waals surface area contributed by atoms with Crippen molar-refractivity contribution in [2.24, 2.45) is 0 Å². The lowest BCUT2D eigenvalue weighted by Crippen LogP contribution is -2.14. The van der Waals surface area contributed by atoms with E-state index < -0.39 is 10.9 Å². The average Bonchev–Trinajstić information content (AvgIpc) is 1.65. The third-order valence-electron chi connectivity index (χ3n) is 0.736. The predicted octanol–water partition coefficient (Wildman–Crippen LogP) is -0.114. The van der Waals surface area contributed by atoms with Gasteiger partial charge in [-0.2, -0.15) is 0 Å². The first-order valence-electron chi connectivity index (χ1n) is 2.04. The van der Waals surface area contributed by atoms with Crippen LogP contribution < -0.4 is 0 Å². The molecule has 0 N–H and O–H groups in total. The highest BCUT2D eigenvalue weighted by atomic mass is 35.5. The van der Waals surface area contributed by atoms with Gasteiger partial charge in [-0.1, -0.05) is 6.92 Å². The molecule has 0 unspecified atom stereocenters. The monoisotopic (exact) mass is 159 g/mol. The van der Waals surface area contributed by atoms with Crippen LogP contribution in [0.25, 0.3) is 0 Å². The Balaban J connectivity index is 0. The van der Waals surface area contributed by atoms with Crippen molar-refractivity contribution < 1.29 is 8.42 Å². The van der Waals surface area contributed by atoms with Crippen molar-refractivity contribution in [1.29, 1.82) is 0 Å². The molecule has 5 heteroatoms. The van der Waals surface area contributed by atoms with Gasteiger partial charge in [0, 0.05) is 13.6 Å². The molecule has 0 saturated heterocycles. The highest BCUT2D eigenvalue weighted by Crippen LogP contribution is 1.75. The molecule has 0 saturated carbocycles. The molecule has 0 aliphatic rings. The van der Waals surface area contributed by atoms with Crippen LogP contribution in [0.3, 0.4) is 0 Å². The van der Waals surface area contributed by atoms with Crippen molar-refractivity contribution in [3.63, 3.8) is 0 Å². The Bertz CT molecular complexity index is 106. The van der Waals surface area contributed by atoms with Gasteiger partial charge in [0.2, 0.25) is 10.9 Å². The van der Waals surface area contributed by atoms with E-state index in [1.165, 1.54) is 11.4 Å². The summed E-state index contributed by atoms with van der Waals surface area (Å²) in [5, 5.41) is 0. The lowest BCUT2D eigenvalue weighted by Gasteiger charge is -1.99. The molecule has 0 aromatic carbocycles. The summed E-state index contributed by atoms with van der Waals surface area (Å²) < 4.78 is 21.0. The van der Waals surface area contributed by atoms with Gasteiger partial charge in [0.25, 0.3) is 0 Å². The average molecular weight is 160 g/mol. The Labute approximate surface area is 57.2 Å². The Morgan fingerprint density at radius 2 is 1.88 bits per heavy atom. The largest absolute Gasteiger partial charge is 0.215 e. The normalized spacial score (nSPS) is 9.50. The van der Waals surface area contributed by atoms with Crippen LogP contribution in [0.2, 0.25) is 0 Å². The van der Waals surface area contributed by atoms with Gasteiger partial charge in [0.15, 0.2) is 0 Å². The second-order valence-electron chi connectivity index (χ2n) is 1.21. The minimum absolute atomic E-state index is 0. The van der Waals surface area contributed by atoms with E-state index in [0.717, 1.165) is 0 Å². The lowest BCUT2D eigenvalue weighted by atomic mass is 10.8. The van der Waals surface area contributed by atoms with Gasteiger partial charge in [-0.05, 0) is 0 Å². The summed E-state index contributed by atoms with van der Waals surface area (Å²) in [7, 11) is -0.795. The SMILES string of the molecule is CCN(C)[SH](=O)=O.Cl. The van der Waals surface area contributed by atoms with Crippen LogP contribution in [0.5, 0.6) is 0 Å². The van der Waals surface area contributed by atoms with Gasteiger partial charge in [0.05, 0.1) is 0 Å². The van der Waals surface area contributed by atoms with Crippen LogP contribution in [0.1, 0.15) is 6.92 Å². The molecule has 3 nitrogen and oxygen atoms in total. The number of rotatable bonds is 2. The van der Waals surface area contributed by atoms with Crippen LogP contribution in [0, 0.1) is 0 Å². The number of thiol groups is 1. The molecule has 0 rings (SSSR count). The molecule has 0 radical (unpaired) electrons. The van der Waals surface area contributed by atoms with Crippen molar-refractivity contribution in [3.05, 3.63) is 0 Å². The standard InChI is InChI=1S/C3H9NO2S.ClH/c1-3-4(2)7(5)6;/h7H,3H2,1-2H3;1H. The summed E-state index contributed by atoms with van der Waals surface area (Å²) in [6.45, 7) is 2.34. The zero-order valence-electron chi connectivity index (χ0n) is 4.83. The third-order valence-corrected chi connectivity index (χ3v) is 1.58. The maximum Gasteiger partial charge on any atom is 0.203 e. The summed E-state index contributed by atoms with van der Waals surface area (Å²) in [6.07, 6.45) is 0. The van der Waals surface area contributed by atoms with Crippen molar-refractivity contribution in [2.75, 3.05) is 13.6 Å². The molecule has 0 amide bonds. The Morgan fingerprint density at radius 3 is 1.88 bits per heavy atom. The number of hydrogen-bond donors (Lipinski definition) is 1. The van der Waals surface area contributed by atoms with E-state index in [0.29, 0.717) is 6.54 Å². The smallest absolute Gasteiger partial charge is 0.203 e. The first-order valence-corrected chi connectivity index (χ1v) is 3.17. The number of halogens is 1. The topological polar surface area (TPSA) is 37.4 Å². The zero-order chi connectivity index (χ0) is 5.86. The molecule has 0 bridgehead atoms. The van der Waals surface area contributed by atoms with Gasteiger partial charge in [-0.25, -0.2) is 12.7 Å². The van der Waals surface area contributed by atoms with Crippen molar-refractivity contribution in [1.82, 2.24) is 4.31 Å². The summed E-state index contributed by atoms with van der Waals surface area (Å²) in [5.74, 6) is 0. The van der Waals surface area contributed by atoms with Gasteiger partial charge in [-0.3, -0.25) is 0 Å².